The first-order valence-corrected chi connectivity index (χ1v) is 7.99. The Kier molecular flexibility index (Phi) is 3.61. The van der Waals surface area contributed by atoms with E-state index >= 15 is 0 Å². The third-order valence-electron chi connectivity index (χ3n) is 2.81. The maximum absolute atomic E-state index is 11.3. The molecular weight excluding hydrogens is 262 g/mol. The Hall–Kier alpha value is -1.82. The summed E-state index contributed by atoms with van der Waals surface area (Å²) in [6.45, 7) is 1.84. The molecule has 19 heavy (non-hydrogen) atoms. The second-order valence-electron chi connectivity index (χ2n) is 4.76. The quantitative estimate of drug-likeness (QED) is 0.831. The largest absolute Gasteiger partial charge is 0.398 e. The fraction of sp³-hybridized carbons (Fsp3) is 0.308. The van der Waals surface area contributed by atoms with Crippen LogP contribution < -0.4 is 11.1 Å². The average molecular weight is 279 g/mol. The summed E-state index contributed by atoms with van der Waals surface area (Å²) >= 11 is 0. The normalized spacial score (nSPS) is 13.4. The highest BCUT2D eigenvalue weighted by Crippen LogP contribution is 2.27. The minimum atomic E-state index is -3.00. The number of nitrogens with zero attached hydrogens (tertiary/aromatic N) is 1. The first-order valence-electron chi connectivity index (χ1n) is 5.93. The first-order chi connectivity index (χ1) is 8.87. The van der Waals surface area contributed by atoms with Crippen LogP contribution in [-0.2, 0) is 9.84 Å². The van der Waals surface area contributed by atoms with Gasteiger partial charge in [-0.1, -0.05) is 0 Å². The minimum absolute atomic E-state index is 0.0873. The van der Waals surface area contributed by atoms with Crippen LogP contribution in [0.1, 0.15) is 6.92 Å². The molecule has 1 atom stereocenters. The summed E-state index contributed by atoms with van der Waals surface area (Å²) in [6.07, 6.45) is 4.63. The summed E-state index contributed by atoms with van der Waals surface area (Å²) in [5.74, 6) is 0.0873. The molecular formula is C13H17N3O2S. The fourth-order valence-electron chi connectivity index (χ4n) is 2.10. The number of hydrogen-bond acceptors (Lipinski definition) is 5. The van der Waals surface area contributed by atoms with Crippen LogP contribution in [0.25, 0.3) is 10.8 Å². The molecule has 0 fully saturated rings. The molecule has 6 heteroatoms. The van der Waals surface area contributed by atoms with Crippen molar-refractivity contribution in [1.82, 2.24) is 4.98 Å². The van der Waals surface area contributed by atoms with Crippen molar-refractivity contribution in [2.75, 3.05) is 23.1 Å². The van der Waals surface area contributed by atoms with Gasteiger partial charge in [0.05, 0.1) is 5.75 Å². The van der Waals surface area contributed by atoms with Gasteiger partial charge in [0.25, 0.3) is 0 Å². The van der Waals surface area contributed by atoms with Crippen LogP contribution in [0.4, 0.5) is 11.4 Å². The summed E-state index contributed by atoms with van der Waals surface area (Å²) < 4.78 is 22.6. The second-order valence-corrected chi connectivity index (χ2v) is 6.95. The molecule has 2 aromatic rings. The van der Waals surface area contributed by atoms with Crippen LogP contribution in [0, 0.1) is 0 Å². The van der Waals surface area contributed by atoms with E-state index < -0.39 is 9.84 Å². The van der Waals surface area contributed by atoms with Crippen molar-refractivity contribution < 1.29 is 8.42 Å². The highest BCUT2D eigenvalue weighted by molar-refractivity contribution is 7.90. The Morgan fingerprint density at radius 1 is 1.32 bits per heavy atom. The van der Waals surface area contributed by atoms with Crippen molar-refractivity contribution in [3.63, 3.8) is 0 Å². The number of pyridine rings is 1. The topological polar surface area (TPSA) is 85.1 Å². The second kappa shape index (κ2) is 5.05. The predicted octanol–water partition coefficient (Wildman–Crippen LogP) is 1.66. The van der Waals surface area contributed by atoms with Crippen molar-refractivity contribution in [3.8, 4) is 0 Å². The lowest BCUT2D eigenvalue weighted by atomic mass is 10.1. The van der Waals surface area contributed by atoms with Crippen molar-refractivity contribution in [3.05, 3.63) is 30.6 Å². The summed E-state index contributed by atoms with van der Waals surface area (Å²) in [5, 5.41) is 5.01. The monoisotopic (exact) mass is 279 g/mol. The maximum atomic E-state index is 11.3. The SMILES string of the molecule is CC(CS(C)(=O)=O)Nc1ccc(N)c2cnccc12. The predicted molar refractivity (Wildman–Crippen MR) is 79.0 cm³/mol. The number of sulfone groups is 1. The van der Waals surface area contributed by atoms with Gasteiger partial charge in [-0.15, -0.1) is 0 Å². The Labute approximate surface area is 112 Å². The lowest BCUT2D eigenvalue weighted by molar-refractivity contribution is 0.598. The van der Waals surface area contributed by atoms with E-state index in [1.807, 2.05) is 19.1 Å². The van der Waals surface area contributed by atoms with E-state index in [4.69, 9.17) is 5.73 Å². The van der Waals surface area contributed by atoms with Crippen LogP contribution in [0.5, 0.6) is 0 Å². The molecule has 1 heterocycles. The van der Waals surface area contributed by atoms with Gasteiger partial charge in [0.2, 0.25) is 0 Å². The molecule has 2 rings (SSSR count). The Bertz CT molecular complexity index is 698. The summed E-state index contributed by atoms with van der Waals surface area (Å²) in [4.78, 5) is 4.05. The number of rotatable bonds is 4. The summed E-state index contributed by atoms with van der Waals surface area (Å²) in [6, 6.07) is 5.34. The fourth-order valence-corrected chi connectivity index (χ4v) is 3.09. The van der Waals surface area contributed by atoms with Crippen LogP contribution >= 0.6 is 0 Å². The highest BCUT2D eigenvalue weighted by Gasteiger charge is 2.12. The van der Waals surface area contributed by atoms with E-state index in [2.05, 4.69) is 10.3 Å². The lowest BCUT2D eigenvalue weighted by Gasteiger charge is -2.16. The van der Waals surface area contributed by atoms with Gasteiger partial charge in [-0.3, -0.25) is 4.98 Å². The highest BCUT2D eigenvalue weighted by atomic mass is 32.2. The van der Waals surface area contributed by atoms with E-state index in [1.165, 1.54) is 6.26 Å². The van der Waals surface area contributed by atoms with Gasteiger partial charge in [-0.2, -0.15) is 0 Å². The summed E-state index contributed by atoms with van der Waals surface area (Å²) in [7, 11) is -3.00. The molecule has 0 radical (unpaired) electrons. The molecule has 1 aromatic carbocycles. The zero-order chi connectivity index (χ0) is 14.0. The number of nitrogens with one attached hydrogen (secondary N) is 1. The molecule has 1 unspecified atom stereocenters. The van der Waals surface area contributed by atoms with Gasteiger partial charge < -0.3 is 11.1 Å². The molecule has 0 aliphatic carbocycles. The van der Waals surface area contributed by atoms with Crippen molar-refractivity contribution in [2.24, 2.45) is 0 Å². The first kappa shape index (κ1) is 13.6. The number of benzene rings is 1. The Morgan fingerprint density at radius 2 is 2.05 bits per heavy atom. The van der Waals surface area contributed by atoms with E-state index in [9.17, 15) is 8.42 Å². The maximum Gasteiger partial charge on any atom is 0.149 e. The summed E-state index contributed by atoms with van der Waals surface area (Å²) in [5.41, 5.74) is 7.41. The Balaban J connectivity index is 2.34. The van der Waals surface area contributed by atoms with Gasteiger partial charge in [-0.05, 0) is 25.1 Å². The van der Waals surface area contributed by atoms with Gasteiger partial charge >= 0.3 is 0 Å². The molecule has 0 aliphatic rings. The average Bonchev–Trinajstić information content (AvgIpc) is 2.31. The zero-order valence-electron chi connectivity index (χ0n) is 10.9. The third-order valence-corrected chi connectivity index (χ3v) is 3.91. The van der Waals surface area contributed by atoms with Crippen LogP contribution in [-0.4, -0.2) is 31.5 Å². The van der Waals surface area contributed by atoms with Crippen LogP contribution in [0.3, 0.4) is 0 Å². The molecule has 0 saturated heterocycles. The zero-order valence-corrected chi connectivity index (χ0v) is 11.7. The molecule has 5 nitrogen and oxygen atoms in total. The molecule has 0 bridgehead atoms. The number of fused-ring (bicyclic) bond motifs is 1. The molecule has 0 saturated carbocycles. The van der Waals surface area contributed by atoms with E-state index in [0.717, 1.165) is 16.5 Å². The number of anilines is 2. The number of nitrogens with two attached hydrogens (primary N) is 1. The van der Waals surface area contributed by atoms with E-state index in [-0.39, 0.29) is 11.8 Å². The molecule has 102 valence electrons. The van der Waals surface area contributed by atoms with Gasteiger partial charge in [0.1, 0.15) is 9.84 Å². The molecule has 0 aliphatic heterocycles. The van der Waals surface area contributed by atoms with Gasteiger partial charge in [-0.25, -0.2) is 8.42 Å². The molecule has 0 amide bonds. The Morgan fingerprint density at radius 3 is 2.74 bits per heavy atom. The molecule has 0 spiro atoms. The lowest BCUT2D eigenvalue weighted by Crippen LogP contribution is -2.25. The van der Waals surface area contributed by atoms with E-state index in [1.54, 1.807) is 18.5 Å². The number of nitrogen functional groups attached to an aromatic ring is 1. The third kappa shape index (κ3) is 3.35. The van der Waals surface area contributed by atoms with Gasteiger partial charge in [0, 0.05) is 46.8 Å². The van der Waals surface area contributed by atoms with E-state index in [0.29, 0.717) is 5.69 Å². The standard InChI is InChI=1S/C13H17N3O2S/c1-9(8-19(2,17)18)16-13-4-3-12(14)11-7-15-6-5-10(11)13/h3-7,9,16H,8,14H2,1-2H3. The molecule has 1 aromatic heterocycles. The van der Waals surface area contributed by atoms with Crippen molar-refractivity contribution in [2.45, 2.75) is 13.0 Å². The van der Waals surface area contributed by atoms with Crippen molar-refractivity contribution in [1.29, 1.82) is 0 Å². The van der Waals surface area contributed by atoms with Crippen LogP contribution in [0.2, 0.25) is 0 Å². The van der Waals surface area contributed by atoms with Crippen molar-refractivity contribution >= 4 is 32.0 Å². The minimum Gasteiger partial charge on any atom is -0.398 e. The van der Waals surface area contributed by atoms with Crippen LogP contribution in [0.15, 0.2) is 30.6 Å². The smallest absolute Gasteiger partial charge is 0.149 e. The number of hydrogen-bond donors (Lipinski definition) is 2. The number of aromatic nitrogens is 1. The molecule has 3 N–H and O–H groups in total. The van der Waals surface area contributed by atoms with Gasteiger partial charge in [0.15, 0.2) is 0 Å².